The number of aryl methyl sites for hydroxylation is 2. The van der Waals surface area contributed by atoms with Gasteiger partial charge in [-0.1, -0.05) is 30.3 Å². The number of likely N-dealkylation sites (tertiary alicyclic amines) is 1. The summed E-state index contributed by atoms with van der Waals surface area (Å²) in [5, 5.41) is 6.67. The summed E-state index contributed by atoms with van der Waals surface area (Å²) in [6.07, 6.45) is 3.80. The Labute approximate surface area is 177 Å². The third-order valence-corrected chi connectivity index (χ3v) is 6.01. The van der Waals surface area contributed by atoms with Crippen LogP contribution in [0.4, 0.5) is 0 Å². The zero-order valence-electron chi connectivity index (χ0n) is 17.3. The summed E-state index contributed by atoms with van der Waals surface area (Å²) in [4.78, 5) is 23.4. The van der Waals surface area contributed by atoms with E-state index >= 15 is 0 Å². The van der Waals surface area contributed by atoms with Gasteiger partial charge in [0.05, 0.1) is 29.8 Å². The lowest BCUT2D eigenvalue weighted by Crippen LogP contribution is -2.48. The molecular formula is C22H30N4O2S. The highest BCUT2D eigenvalue weighted by Gasteiger charge is 2.28. The predicted octanol–water partition coefficient (Wildman–Crippen LogP) is 3.28. The van der Waals surface area contributed by atoms with Gasteiger partial charge in [0.2, 0.25) is 0 Å². The maximum absolute atomic E-state index is 12.1. The lowest BCUT2D eigenvalue weighted by molar-refractivity contribution is -0.149. The molecule has 1 saturated heterocycles. The molecule has 3 rings (SSSR count). The first-order valence-electron chi connectivity index (χ1n) is 10.3. The van der Waals surface area contributed by atoms with Crippen LogP contribution in [-0.4, -0.2) is 48.6 Å². The molecule has 2 heterocycles. The van der Waals surface area contributed by atoms with E-state index in [4.69, 9.17) is 9.72 Å². The number of nitrogens with one attached hydrogen (secondary N) is 1. The Balaban J connectivity index is 1.49. The topological polar surface area (TPSA) is 66.8 Å². The van der Waals surface area contributed by atoms with Gasteiger partial charge in [0.1, 0.15) is 0 Å². The van der Waals surface area contributed by atoms with E-state index in [1.807, 2.05) is 13.0 Å². The average Bonchev–Trinajstić information content (AvgIpc) is 3.22. The molecule has 0 aliphatic carbocycles. The summed E-state index contributed by atoms with van der Waals surface area (Å²) >= 11 is 1.71. The number of carbonyl (C=O) groups is 1. The van der Waals surface area contributed by atoms with Crippen LogP contribution in [0.3, 0.4) is 0 Å². The summed E-state index contributed by atoms with van der Waals surface area (Å²) in [7, 11) is 1.78. The normalized spacial score (nSPS) is 17.2. The Morgan fingerprint density at radius 1 is 1.34 bits per heavy atom. The number of nitrogens with zero attached hydrogens (tertiary/aromatic N) is 3. The number of aliphatic imine (C=N–C) groups is 1. The van der Waals surface area contributed by atoms with E-state index in [1.54, 1.807) is 18.4 Å². The fraction of sp³-hybridized carbons (Fsp3) is 0.500. The molecule has 1 N–H and O–H groups in total. The fourth-order valence-electron chi connectivity index (χ4n) is 3.56. The number of piperidine rings is 1. The van der Waals surface area contributed by atoms with Crippen molar-refractivity contribution in [3.63, 3.8) is 0 Å². The quantitative estimate of drug-likeness (QED) is 0.428. The first-order chi connectivity index (χ1) is 14.2. The van der Waals surface area contributed by atoms with Gasteiger partial charge >= 0.3 is 5.97 Å². The van der Waals surface area contributed by atoms with Crippen molar-refractivity contribution in [3.8, 4) is 0 Å². The third-order valence-electron chi connectivity index (χ3n) is 5.05. The maximum Gasteiger partial charge on any atom is 0.310 e. The summed E-state index contributed by atoms with van der Waals surface area (Å²) in [5.74, 6) is 0.638. The number of benzene rings is 1. The van der Waals surface area contributed by atoms with Crippen molar-refractivity contribution >= 4 is 23.3 Å². The zero-order chi connectivity index (χ0) is 20.5. The van der Waals surface area contributed by atoms with Gasteiger partial charge in [-0.3, -0.25) is 9.79 Å². The molecule has 156 valence electrons. The molecule has 0 radical (unpaired) electrons. The molecule has 1 aromatic carbocycles. The number of rotatable bonds is 7. The molecule has 7 heteroatoms. The van der Waals surface area contributed by atoms with Crippen molar-refractivity contribution in [2.75, 3.05) is 26.7 Å². The van der Waals surface area contributed by atoms with E-state index in [-0.39, 0.29) is 11.9 Å². The molecule has 0 saturated carbocycles. The average molecular weight is 415 g/mol. The molecule has 6 nitrogen and oxygen atoms in total. The minimum atomic E-state index is -0.102. The summed E-state index contributed by atoms with van der Waals surface area (Å²) in [6, 6.07) is 10.5. The Morgan fingerprint density at radius 3 is 2.93 bits per heavy atom. The van der Waals surface area contributed by atoms with Gasteiger partial charge in [0.15, 0.2) is 5.96 Å². The molecule has 1 aromatic heterocycles. The fourth-order valence-corrected chi connectivity index (χ4v) is 4.36. The molecule has 1 atom stereocenters. The Bertz CT molecular complexity index is 806. The molecule has 1 fully saturated rings. The van der Waals surface area contributed by atoms with Crippen LogP contribution in [0.15, 0.2) is 40.7 Å². The van der Waals surface area contributed by atoms with E-state index in [0.717, 1.165) is 48.9 Å². The predicted molar refractivity (Wildman–Crippen MR) is 117 cm³/mol. The molecule has 0 spiro atoms. The van der Waals surface area contributed by atoms with Crippen LogP contribution >= 0.6 is 11.3 Å². The lowest BCUT2D eigenvalue weighted by atomic mass is 9.98. The number of guanidine groups is 1. The summed E-state index contributed by atoms with van der Waals surface area (Å²) < 4.78 is 5.20. The molecule has 29 heavy (non-hydrogen) atoms. The first-order valence-corrected chi connectivity index (χ1v) is 11.2. The number of thiazole rings is 1. The monoisotopic (exact) mass is 414 g/mol. The van der Waals surface area contributed by atoms with Crippen LogP contribution in [0, 0.1) is 5.92 Å². The highest BCUT2D eigenvalue weighted by Crippen LogP contribution is 2.18. The second-order valence-corrected chi connectivity index (χ2v) is 8.10. The number of ether oxygens (including phenoxy) is 1. The van der Waals surface area contributed by atoms with Gasteiger partial charge in [-0.15, -0.1) is 11.3 Å². The number of hydrogen-bond donors (Lipinski definition) is 1. The second kappa shape index (κ2) is 11.0. The molecular weight excluding hydrogens is 384 g/mol. The van der Waals surface area contributed by atoms with Crippen molar-refractivity contribution in [1.82, 2.24) is 15.2 Å². The highest BCUT2D eigenvalue weighted by molar-refractivity contribution is 7.09. The molecule has 2 aromatic rings. The van der Waals surface area contributed by atoms with Gasteiger partial charge in [-0.25, -0.2) is 4.98 Å². The molecule has 0 unspecified atom stereocenters. The highest BCUT2D eigenvalue weighted by atomic mass is 32.1. The molecule has 1 aliphatic heterocycles. The van der Waals surface area contributed by atoms with Crippen LogP contribution in [-0.2, 0) is 28.9 Å². The minimum Gasteiger partial charge on any atom is -0.466 e. The van der Waals surface area contributed by atoms with Crippen molar-refractivity contribution in [3.05, 3.63) is 52.0 Å². The van der Waals surface area contributed by atoms with E-state index in [9.17, 15) is 4.79 Å². The third kappa shape index (κ3) is 6.29. The van der Waals surface area contributed by atoms with Crippen LogP contribution in [0.2, 0.25) is 0 Å². The lowest BCUT2D eigenvalue weighted by Gasteiger charge is -2.33. The number of hydrogen-bond acceptors (Lipinski definition) is 5. The van der Waals surface area contributed by atoms with E-state index in [0.29, 0.717) is 19.7 Å². The van der Waals surface area contributed by atoms with Crippen molar-refractivity contribution in [1.29, 1.82) is 0 Å². The molecule has 0 bridgehead atoms. The first kappa shape index (κ1) is 21.3. The van der Waals surface area contributed by atoms with Gasteiger partial charge in [-0.05, 0) is 31.7 Å². The van der Waals surface area contributed by atoms with Crippen LogP contribution < -0.4 is 5.32 Å². The SMILES string of the molecule is CCOC(=O)[C@H]1CCCN(C(=NC)NCc2csc(CCc3ccccc3)n2)C1. The van der Waals surface area contributed by atoms with E-state index < -0.39 is 0 Å². The Morgan fingerprint density at radius 2 is 2.17 bits per heavy atom. The smallest absolute Gasteiger partial charge is 0.310 e. The summed E-state index contributed by atoms with van der Waals surface area (Å²) in [6.45, 7) is 4.46. The minimum absolute atomic E-state index is 0.0777. The summed E-state index contributed by atoms with van der Waals surface area (Å²) in [5.41, 5.74) is 2.36. The molecule has 1 aliphatic rings. The maximum atomic E-state index is 12.1. The molecule has 0 amide bonds. The Kier molecular flexibility index (Phi) is 8.04. The second-order valence-electron chi connectivity index (χ2n) is 7.16. The van der Waals surface area contributed by atoms with Crippen molar-refractivity contribution < 1.29 is 9.53 Å². The van der Waals surface area contributed by atoms with Crippen molar-refractivity contribution in [2.45, 2.75) is 39.2 Å². The largest absolute Gasteiger partial charge is 0.466 e. The van der Waals surface area contributed by atoms with E-state index in [1.165, 1.54) is 5.56 Å². The Hall–Kier alpha value is -2.41. The van der Waals surface area contributed by atoms with Crippen LogP contribution in [0.25, 0.3) is 0 Å². The number of aromatic nitrogens is 1. The zero-order valence-corrected chi connectivity index (χ0v) is 18.1. The van der Waals surface area contributed by atoms with Crippen LogP contribution in [0.5, 0.6) is 0 Å². The van der Waals surface area contributed by atoms with Gasteiger partial charge in [0, 0.05) is 31.9 Å². The van der Waals surface area contributed by atoms with Gasteiger partial charge in [0.25, 0.3) is 0 Å². The van der Waals surface area contributed by atoms with Crippen LogP contribution in [0.1, 0.15) is 36.0 Å². The number of carbonyl (C=O) groups excluding carboxylic acids is 1. The van der Waals surface area contributed by atoms with Gasteiger partial charge in [-0.2, -0.15) is 0 Å². The van der Waals surface area contributed by atoms with Crippen molar-refractivity contribution in [2.24, 2.45) is 10.9 Å². The van der Waals surface area contributed by atoms with E-state index in [2.05, 4.69) is 44.9 Å². The van der Waals surface area contributed by atoms with Gasteiger partial charge < -0.3 is 15.0 Å². The standard InChI is InChI=1S/C22H30N4O2S/c1-3-28-21(27)18-10-7-13-26(15-18)22(23-2)24-14-19-16-29-20(25-19)12-11-17-8-5-4-6-9-17/h4-6,8-9,16,18H,3,7,10-15H2,1-2H3,(H,23,24)/t18-/m0/s1. The number of esters is 1.